The summed E-state index contributed by atoms with van der Waals surface area (Å²) in [5.74, 6) is 0.0215. The summed E-state index contributed by atoms with van der Waals surface area (Å²) in [6, 6.07) is 5.45. The van der Waals surface area contributed by atoms with Gasteiger partial charge in [-0.3, -0.25) is 4.79 Å². The average Bonchev–Trinajstić information content (AvgIpc) is 3.21. The smallest absolute Gasteiger partial charge is 0.302 e. The lowest BCUT2D eigenvalue weighted by atomic mass is 10.1. The fraction of sp³-hybridized carbons (Fsp3) is 0.118. The van der Waals surface area contributed by atoms with E-state index in [0.29, 0.717) is 27.3 Å². The molecule has 6 nitrogen and oxygen atoms in total. The summed E-state index contributed by atoms with van der Waals surface area (Å²) in [4.78, 5) is 22.0. The highest BCUT2D eigenvalue weighted by Gasteiger charge is 2.18. The molecule has 1 aromatic carbocycles. The molecule has 3 heterocycles. The lowest BCUT2D eigenvalue weighted by Gasteiger charge is -2.03. The van der Waals surface area contributed by atoms with E-state index < -0.39 is 11.3 Å². The fourth-order valence-electron chi connectivity index (χ4n) is 2.63. The molecule has 0 unspecified atom stereocenters. The SMILES string of the molecule is Cn1ccn2c(=O)c(O)c(-c3ncc(Cc4ccc(Cl)c(Cl)c4)s3)nc12. The van der Waals surface area contributed by atoms with Crippen LogP contribution in [-0.4, -0.2) is 24.0 Å². The van der Waals surface area contributed by atoms with Gasteiger partial charge >= 0.3 is 5.56 Å². The largest absolute Gasteiger partial charge is 0.501 e. The Labute approximate surface area is 161 Å². The van der Waals surface area contributed by atoms with Gasteiger partial charge in [0.05, 0.1) is 10.0 Å². The zero-order chi connectivity index (χ0) is 18.4. The average molecular weight is 407 g/mol. The van der Waals surface area contributed by atoms with E-state index in [1.54, 1.807) is 42.3 Å². The van der Waals surface area contributed by atoms with Gasteiger partial charge in [0.1, 0.15) is 5.01 Å². The van der Waals surface area contributed by atoms with Crippen molar-refractivity contribution in [2.75, 3.05) is 0 Å². The number of imidazole rings is 1. The molecular weight excluding hydrogens is 395 g/mol. The number of benzene rings is 1. The van der Waals surface area contributed by atoms with Crippen LogP contribution in [0.5, 0.6) is 5.75 Å². The number of thiazole rings is 1. The van der Waals surface area contributed by atoms with Gasteiger partial charge in [-0.05, 0) is 17.7 Å². The van der Waals surface area contributed by atoms with Crippen LogP contribution in [0.4, 0.5) is 0 Å². The van der Waals surface area contributed by atoms with Crippen LogP contribution in [0.15, 0.2) is 41.6 Å². The molecule has 0 aliphatic heterocycles. The zero-order valence-corrected chi connectivity index (χ0v) is 15.8. The van der Waals surface area contributed by atoms with E-state index in [4.69, 9.17) is 23.2 Å². The van der Waals surface area contributed by atoms with E-state index in [-0.39, 0.29) is 5.69 Å². The molecule has 4 rings (SSSR count). The molecule has 0 spiro atoms. The standard InChI is InChI=1S/C17H12Cl2N4O2S/c1-22-4-5-23-16(25)14(24)13(21-17(22)23)15-20-8-10(26-15)6-9-2-3-11(18)12(19)7-9/h2-5,7-8,24H,6H2,1H3. The minimum atomic E-state index is -0.521. The lowest BCUT2D eigenvalue weighted by molar-refractivity contribution is 0.464. The molecule has 132 valence electrons. The molecule has 0 amide bonds. The van der Waals surface area contributed by atoms with Gasteiger partial charge in [0, 0.05) is 36.9 Å². The quantitative estimate of drug-likeness (QED) is 0.561. The molecule has 0 saturated heterocycles. The predicted molar refractivity (Wildman–Crippen MR) is 102 cm³/mol. The Morgan fingerprint density at radius 3 is 2.81 bits per heavy atom. The van der Waals surface area contributed by atoms with Crippen LogP contribution in [0.2, 0.25) is 10.0 Å². The van der Waals surface area contributed by atoms with Gasteiger partial charge < -0.3 is 9.67 Å². The Hall–Kier alpha value is -2.35. The first-order valence-electron chi connectivity index (χ1n) is 7.59. The Bertz CT molecular complexity index is 1200. The molecule has 0 aliphatic rings. The van der Waals surface area contributed by atoms with Crippen molar-refractivity contribution < 1.29 is 5.11 Å². The molecular formula is C17H12Cl2N4O2S. The van der Waals surface area contributed by atoms with Crippen LogP contribution in [-0.2, 0) is 13.5 Å². The van der Waals surface area contributed by atoms with Gasteiger partial charge in [0.15, 0.2) is 5.69 Å². The molecule has 0 aliphatic carbocycles. The Balaban J connectivity index is 1.73. The van der Waals surface area contributed by atoms with Gasteiger partial charge in [0.2, 0.25) is 11.5 Å². The van der Waals surface area contributed by atoms with Crippen molar-refractivity contribution in [2.45, 2.75) is 6.42 Å². The second-order valence-electron chi connectivity index (χ2n) is 5.75. The topological polar surface area (TPSA) is 72.4 Å². The third kappa shape index (κ3) is 2.88. The highest BCUT2D eigenvalue weighted by molar-refractivity contribution is 7.15. The summed E-state index contributed by atoms with van der Waals surface area (Å²) in [5, 5.41) is 11.7. The van der Waals surface area contributed by atoms with E-state index in [9.17, 15) is 9.90 Å². The monoisotopic (exact) mass is 406 g/mol. The summed E-state index contributed by atoms with van der Waals surface area (Å²) in [7, 11) is 1.78. The van der Waals surface area contributed by atoms with E-state index in [2.05, 4.69) is 9.97 Å². The van der Waals surface area contributed by atoms with Gasteiger partial charge in [-0.2, -0.15) is 0 Å². The van der Waals surface area contributed by atoms with Crippen LogP contribution in [0, 0.1) is 0 Å². The Morgan fingerprint density at radius 2 is 2.04 bits per heavy atom. The second kappa shape index (κ2) is 6.42. The van der Waals surface area contributed by atoms with Crippen molar-refractivity contribution in [3.05, 3.63) is 67.6 Å². The van der Waals surface area contributed by atoms with Crippen molar-refractivity contribution in [3.63, 3.8) is 0 Å². The normalized spacial score (nSPS) is 11.3. The zero-order valence-electron chi connectivity index (χ0n) is 13.5. The summed E-state index contributed by atoms with van der Waals surface area (Å²) in [6.07, 6.45) is 5.58. The number of rotatable bonds is 3. The van der Waals surface area contributed by atoms with E-state index in [1.165, 1.54) is 15.7 Å². The number of aryl methyl sites for hydroxylation is 1. The summed E-state index contributed by atoms with van der Waals surface area (Å²) >= 11 is 13.4. The van der Waals surface area contributed by atoms with Crippen molar-refractivity contribution in [1.29, 1.82) is 0 Å². The Kier molecular flexibility index (Phi) is 4.22. The lowest BCUT2D eigenvalue weighted by Crippen LogP contribution is -2.14. The van der Waals surface area contributed by atoms with Gasteiger partial charge in [-0.25, -0.2) is 14.4 Å². The van der Waals surface area contributed by atoms with Crippen LogP contribution >= 0.6 is 34.5 Å². The van der Waals surface area contributed by atoms with E-state index in [0.717, 1.165) is 10.4 Å². The predicted octanol–water partition coefficient (Wildman–Crippen LogP) is 3.76. The number of halogens is 2. The maximum atomic E-state index is 12.3. The number of fused-ring (bicyclic) bond motifs is 1. The number of nitrogens with zero attached hydrogens (tertiary/aromatic N) is 4. The first-order valence-corrected chi connectivity index (χ1v) is 9.17. The molecule has 1 N–H and O–H groups in total. The maximum Gasteiger partial charge on any atom is 0.302 e. The highest BCUT2D eigenvalue weighted by Crippen LogP contribution is 2.31. The van der Waals surface area contributed by atoms with Gasteiger partial charge in [-0.1, -0.05) is 29.3 Å². The van der Waals surface area contributed by atoms with Crippen LogP contribution in [0.1, 0.15) is 10.4 Å². The third-order valence-corrected chi connectivity index (χ3v) is 5.69. The third-order valence-electron chi connectivity index (χ3n) is 3.95. The van der Waals surface area contributed by atoms with E-state index in [1.807, 2.05) is 6.07 Å². The summed E-state index contributed by atoms with van der Waals surface area (Å²) in [6.45, 7) is 0. The molecule has 0 fully saturated rings. The first kappa shape index (κ1) is 17.1. The van der Waals surface area contributed by atoms with E-state index >= 15 is 0 Å². The second-order valence-corrected chi connectivity index (χ2v) is 7.68. The summed E-state index contributed by atoms with van der Waals surface area (Å²) in [5.41, 5.74) is 0.652. The van der Waals surface area contributed by atoms with Crippen LogP contribution in [0.3, 0.4) is 0 Å². The molecule has 0 saturated carbocycles. The number of hydrogen-bond donors (Lipinski definition) is 1. The number of hydrogen-bond acceptors (Lipinski definition) is 5. The molecule has 9 heteroatoms. The first-order chi connectivity index (χ1) is 12.4. The highest BCUT2D eigenvalue weighted by atomic mass is 35.5. The minimum Gasteiger partial charge on any atom is -0.501 e. The van der Waals surface area contributed by atoms with Crippen molar-refractivity contribution >= 4 is 40.3 Å². The van der Waals surface area contributed by atoms with Crippen LogP contribution in [0.25, 0.3) is 16.5 Å². The van der Waals surface area contributed by atoms with Crippen molar-refractivity contribution in [3.8, 4) is 16.5 Å². The number of aromatic hydroxyl groups is 1. The van der Waals surface area contributed by atoms with Crippen molar-refractivity contribution in [2.24, 2.45) is 7.05 Å². The fourth-order valence-corrected chi connectivity index (χ4v) is 3.89. The molecule has 0 bridgehead atoms. The molecule has 26 heavy (non-hydrogen) atoms. The summed E-state index contributed by atoms with van der Waals surface area (Å²) < 4.78 is 3.00. The minimum absolute atomic E-state index is 0.183. The van der Waals surface area contributed by atoms with Gasteiger partial charge in [-0.15, -0.1) is 11.3 Å². The van der Waals surface area contributed by atoms with Crippen molar-refractivity contribution in [1.82, 2.24) is 18.9 Å². The maximum absolute atomic E-state index is 12.3. The Morgan fingerprint density at radius 1 is 1.23 bits per heavy atom. The number of aromatic nitrogens is 4. The van der Waals surface area contributed by atoms with Crippen LogP contribution < -0.4 is 5.56 Å². The van der Waals surface area contributed by atoms with Gasteiger partial charge in [0.25, 0.3) is 0 Å². The molecule has 0 atom stereocenters. The molecule has 3 aromatic heterocycles. The molecule has 4 aromatic rings. The molecule has 0 radical (unpaired) electrons.